The Morgan fingerprint density at radius 1 is 1.18 bits per heavy atom. The highest BCUT2D eigenvalue weighted by atomic mass is 35.5. The molecule has 2 aromatic carbocycles. The number of para-hydroxylation sites is 1. The van der Waals surface area contributed by atoms with Crippen molar-refractivity contribution < 1.29 is 19.4 Å². The molecular weight excluding hydrogens is 442 g/mol. The van der Waals surface area contributed by atoms with Crippen LogP contribution in [0.2, 0.25) is 5.02 Å². The molecule has 2 aliphatic rings. The normalized spacial score (nSPS) is 19.8. The summed E-state index contributed by atoms with van der Waals surface area (Å²) in [5.74, 6) is 1.22. The molecular formula is C25H32ClN3O4. The Hall–Kier alpha value is -2.32. The van der Waals surface area contributed by atoms with Gasteiger partial charge in [-0.25, -0.2) is 0 Å². The van der Waals surface area contributed by atoms with Crippen LogP contribution in [0.4, 0.5) is 5.69 Å². The smallest absolute Gasteiger partial charge is 0.238 e. The molecule has 2 atom stereocenters. The zero-order valence-corrected chi connectivity index (χ0v) is 19.9. The van der Waals surface area contributed by atoms with Gasteiger partial charge in [0.1, 0.15) is 12.7 Å². The molecule has 0 saturated carbocycles. The van der Waals surface area contributed by atoms with Crippen LogP contribution in [0.5, 0.6) is 11.5 Å². The molecule has 0 aromatic heterocycles. The average molecular weight is 474 g/mol. The topological polar surface area (TPSA) is 83.1 Å². The summed E-state index contributed by atoms with van der Waals surface area (Å²) < 4.78 is 11.6. The first-order valence-corrected chi connectivity index (χ1v) is 11.9. The molecule has 2 unspecified atom stereocenters. The Balaban J connectivity index is 1.18. The van der Waals surface area contributed by atoms with Gasteiger partial charge in [0.25, 0.3) is 0 Å². The molecule has 1 amide bonds. The number of likely N-dealkylation sites (tertiary alicyclic amines) is 1. The lowest BCUT2D eigenvalue weighted by atomic mass is 10.0. The van der Waals surface area contributed by atoms with Gasteiger partial charge in [-0.15, -0.1) is 0 Å². The van der Waals surface area contributed by atoms with Gasteiger partial charge in [0.15, 0.2) is 17.6 Å². The van der Waals surface area contributed by atoms with Crippen molar-refractivity contribution in [2.45, 2.75) is 44.9 Å². The maximum absolute atomic E-state index is 12.5. The SMILES string of the molecule is Cc1cccc(C)c1NC(=O)CN1CCC(NCC(O)C2COc3ccc(Cl)cc3O2)CC1. The van der Waals surface area contributed by atoms with Crippen molar-refractivity contribution in [3.63, 3.8) is 0 Å². The van der Waals surface area contributed by atoms with Gasteiger partial charge < -0.3 is 25.2 Å². The highest BCUT2D eigenvalue weighted by Crippen LogP contribution is 2.34. The Morgan fingerprint density at radius 3 is 2.64 bits per heavy atom. The number of nitrogens with one attached hydrogen (secondary N) is 2. The highest BCUT2D eigenvalue weighted by Gasteiger charge is 2.29. The summed E-state index contributed by atoms with van der Waals surface area (Å²) in [7, 11) is 0. The van der Waals surface area contributed by atoms with E-state index in [0.29, 0.717) is 42.3 Å². The number of benzene rings is 2. The number of anilines is 1. The molecule has 2 heterocycles. The molecule has 4 rings (SSSR count). The minimum Gasteiger partial charge on any atom is -0.486 e. The van der Waals surface area contributed by atoms with E-state index in [9.17, 15) is 9.90 Å². The van der Waals surface area contributed by atoms with Crippen LogP contribution in [0.1, 0.15) is 24.0 Å². The van der Waals surface area contributed by atoms with Gasteiger partial charge >= 0.3 is 0 Å². The summed E-state index contributed by atoms with van der Waals surface area (Å²) in [6.07, 6.45) is 0.698. The van der Waals surface area contributed by atoms with Gasteiger partial charge in [-0.1, -0.05) is 29.8 Å². The third kappa shape index (κ3) is 6.18. The zero-order chi connectivity index (χ0) is 23.4. The minimum atomic E-state index is -0.696. The van der Waals surface area contributed by atoms with Crippen molar-refractivity contribution in [2.75, 3.05) is 38.1 Å². The van der Waals surface area contributed by atoms with E-state index in [1.807, 2.05) is 32.0 Å². The minimum absolute atomic E-state index is 0.0177. The molecule has 0 radical (unpaired) electrons. The molecule has 1 saturated heterocycles. The number of hydrogen-bond acceptors (Lipinski definition) is 6. The molecule has 1 fully saturated rings. The number of carbonyl (C=O) groups excluding carboxylic acids is 1. The van der Waals surface area contributed by atoms with E-state index >= 15 is 0 Å². The summed E-state index contributed by atoms with van der Waals surface area (Å²) in [6.45, 7) is 6.79. The fourth-order valence-corrected chi connectivity index (χ4v) is 4.52. The number of amides is 1. The fraction of sp³-hybridized carbons (Fsp3) is 0.480. The van der Waals surface area contributed by atoms with Gasteiger partial charge in [0.2, 0.25) is 5.91 Å². The maximum Gasteiger partial charge on any atom is 0.238 e. The number of fused-ring (bicyclic) bond motifs is 1. The van der Waals surface area contributed by atoms with Crippen LogP contribution >= 0.6 is 11.6 Å². The third-order valence-electron chi connectivity index (χ3n) is 6.33. The van der Waals surface area contributed by atoms with Crippen molar-refractivity contribution >= 4 is 23.2 Å². The summed E-state index contributed by atoms with van der Waals surface area (Å²) in [6, 6.07) is 11.5. The monoisotopic (exact) mass is 473 g/mol. The zero-order valence-electron chi connectivity index (χ0n) is 19.1. The van der Waals surface area contributed by atoms with E-state index in [1.54, 1.807) is 18.2 Å². The van der Waals surface area contributed by atoms with Gasteiger partial charge in [0, 0.05) is 42.5 Å². The standard InChI is InChI=1S/C25H32ClN3O4/c1-16-4-3-5-17(2)25(16)28-24(31)14-29-10-8-19(9-11-29)27-13-20(30)23-15-32-21-7-6-18(26)12-22(21)33-23/h3-7,12,19-20,23,27,30H,8-11,13-15H2,1-2H3,(H,28,31). The number of ether oxygens (including phenoxy) is 2. The molecule has 8 heteroatoms. The number of carbonyl (C=O) groups is 1. The first-order valence-electron chi connectivity index (χ1n) is 11.5. The van der Waals surface area contributed by atoms with E-state index < -0.39 is 12.2 Å². The number of nitrogens with zero attached hydrogens (tertiary/aromatic N) is 1. The fourth-order valence-electron chi connectivity index (χ4n) is 4.36. The Kier molecular flexibility index (Phi) is 7.75. The van der Waals surface area contributed by atoms with Gasteiger partial charge in [-0.3, -0.25) is 9.69 Å². The van der Waals surface area contributed by atoms with Crippen LogP contribution in [0, 0.1) is 13.8 Å². The molecule has 7 nitrogen and oxygen atoms in total. The lowest BCUT2D eigenvalue weighted by molar-refractivity contribution is -0.117. The predicted molar refractivity (Wildman–Crippen MR) is 129 cm³/mol. The Bertz CT molecular complexity index is 958. The Labute approximate surface area is 200 Å². The van der Waals surface area contributed by atoms with Crippen molar-refractivity contribution in [1.29, 1.82) is 0 Å². The number of aliphatic hydroxyl groups is 1. The molecule has 178 valence electrons. The molecule has 0 aliphatic carbocycles. The van der Waals surface area contributed by atoms with Crippen molar-refractivity contribution in [3.8, 4) is 11.5 Å². The molecule has 2 aliphatic heterocycles. The van der Waals surface area contributed by atoms with Crippen molar-refractivity contribution in [3.05, 3.63) is 52.5 Å². The molecule has 0 spiro atoms. The van der Waals surface area contributed by atoms with Gasteiger partial charge in [-0.2, -0.15) is 0 Å². The number of halogens is 1. The van der Waals surface area contributed by atoms with Crippen LogP contribution in [-0.4, -0.2) is 66.9 Å². The number of aryl methyl sites for hydroxylation is 2. The molecule has 0 bridgehead atoms. The maximum atomic E-state index is 12.5. The van der Waals surface area contributed by atoms with Crippen LogP contribution in [0.25, 0.3) is 0 Å². The van der Waals surface area contributed by atoms with Crippen LogP contribution < -0.4 is 20.1 Å². The first kappa shape index (κ1) is 23.8. The molecule has 3 N–H and O–H groups in total. The molecule has 33 heavy (non-hydrogen) atoms. The Morgan fingerprint density at radius 2 is 1.91 bits per heavy atom. The van der Waals surface area contributed by atoms with E-state index in [0.717, 1.165) is 42.7 Å². The second-order valence-corrected chi connectivity index (χ2v) is 9.34. The summed E-state index contributed by atoms with van der Waals surface area (Å²) in [5, 5.41) is 17.7. The average Bonchev–Trinajstić information content (AvgIpc) is 2.80. The number of aliphatic hydroxyl groups excluding tert-OH is 1. The number of rotatable bonds is 7. The van der Waals surface area contributed by atoms with E-state index in [1.165, 1.54) is 0 Å². The third-order valence-corrected chi connectivity index (χ3v) is 6.57. The quantitative estimate of drug-likeness (QED) is 0.573. The van der Waals surface area contributed by atoms with Crippen LogP contribution in [-0.2, 0) is 4.79 Å². The summed E-state index contributed by atoms with van der Waals surface area (Å²) >= 11 is 6.02. The number of piperidine rings is 1. The lowest BCUT2D eigenvalue weighted by Gasteiger charge is -2.34. The van der Waals surface area contributed by atoms with E-state index in [-0.39, 0.29) is 5.91 Å². The largest absolute Gasteiger partial charge is 0.486 e. The van der Waals surface area contributed by atoms with E-state index in [2.05, 4.69) is 15.5 Å². The second kappa shape index (κ2) is 10.7. The van der Waals surface area contributed by atoms with Crippen LogP contribution in [0.15, 0.2) is 36.4 Å². The summed E-state index contributed by atoms with van der Waals surface area (Å²) in [4.78, 5) is 14.7. The highest BCUT2D eigenvalue weighted by molar-refractivity contribution is 6.30. The van der Waals surface area contributed by atoms with Crippen molar-refractivity contribution in [1.82, 2.24) is 10.2 Å². The molecule has 2 aromatic rings. The predicted octanol–water partition coefficient (Wildman–Crippen LogP) is 3.15. The van der Waals surface area contributed by atoms with Gasteiger partial charge in [-0.05, 0) is 49.9 Å². The number of hydrogen-bond donors (Lipinski definition) is 3. The lowest BCUT2D eigenvalue weighted by Crippen LogP contribution is -2.50. The van der Waals surface area contributed by atoms with Crippen LogP contribution in [0.3, 0.4) is 0 Å². The summed E-state index contributed by atoms with van der Waals surface area (Å²) in [5.41, 5.74) is 3.05. The van der Waals surface area contributed by atoms with Crippen molar-refractivity contribution in [2.24, 2.45) is 0 Å². The van der Waals surface area contributed by atoms with E-state index in [4.69, 9.17) is 21.1 Å². The second-order valence-electron chi connectivity index (χ2n) is 8.90. The van der Waals surface area contributed by atoms with Gasteiger partial charge in [0.05, 0.1) is 6.54 Å². The first-order chi connectivity index (χ1) is 15.9.